The van der Waals surface area contributed by atoms with E-state index in [0.29, 0.717) is 18.1 Å². The van der Waals surface area contributed by atoms with Crippen molar-refractivity contribution >= 4 is 11.9 Å². The predicted octanol–water partition coefficient (Wildman–Crippen LogP) is 6.03. The molecule has 0 radical (unpaired) electrons. The van der Waals surface area contributed by atoms with Crippen LogP contribution < -0.4 is 19.6 Å². The Hall–Kier alpha value is -3.47. The zero-order valence-electron chi connectivity index (χ0n) is 18.8. The van der Waals surface area contributed by atoms with Crippen molar-refractivity contribution in [3.63, 3.8) is 0 Å². The second-order valence-electron chi connectivity index (χ2n) is 8.24. The highest BCUT2D eigenvalue weighted by atomic mass is 16.5. The first-order valence-electron chi connectivity index (χ1n) is 10.2. The van der Waals surface area contributed by atoms with E-state index < -0.39 is 0 Å². The maximum absolute atomic E-state index is 5.99. The van der Waals surface area contributed by atoms with Crippen LogP contribution >= 0.6 is 0 Å². The Kier molecular flexibility index (Phi) is 7.19. The SMILES string of the molecule is COc1ccc(N/N=C/c2ccc(OCc3ccc(C(C)(C)C)cc3)c(OC)c2)cc1. The van der Waals surface area contributed by atoms with E-state index in [2.05, 4.69) is 55.6 Å². The molecule has 5 nitrogen and oxygen atoms in total. The van der Waals surface area contributed by atoms with Crippen LogP contribution in [0, 0.1) is 0 Å². The Morgan fingerprint density at radius 3 is 2.16 bits per heavy atom. The smallest absolute Gasteiger partial charge is 0.161 e. The number of hydrogen-bond acceptors (Lipinski definition) is 5. The van der Waals surface area contributed by atoms with E-state index in [1.54, 1.807) is 20.4 Å². The fourth-order valence-corrected chi connectivity index (χ4v) is 2.99. The molecule has 5 heteroatoms. The summed E-state index contributed by atoms with van der Waals surface area (Å²) in [6, 6.07) is 21.8. The van der Waals surface area contributed by atoms with Gasteiger partial charge in [0.2, 0.25) is 0 Å². The summed E-state index contributed by atoms with van der Waals surface area (Å²) in [4.78, 5) is 0. The van der Waals surface area contributed by atoms with Crippen LogP contribution in [0.15, 0.2) is 71.8 Å². The molecule has 31 heavy (non-hydrogen) atoms. The number of ether oxygens (including phenoxy) is 3. The molecule has 162 valence electrons. The normalized spacial score (nSPS) is 11.4. The summed E-state index contributed by atoms with van der Waals surface area (Å²) in [5.74, 6) is 2.17. The summed E-state index contributed by atoms with van der Waals surface area (Å²) in [6.45, 7) is 7.11. The Morgan fingerprint density at radius 2 is 1.55 bits per heavy atom. The van der Waals surface area contributed by atoms with Gasteiger partial charge in [-0.05, 0) is 64.6 Å². The molecule has 0 heterocycles. The first kappa shape index (κ1) is 22.2. The molecule has 3 aromatic rings. The second kappa shape index (κ2) is 10.0. The molecule has 0 amide bonds. The number of nitrogens with zero attached hydrogens (tertiary/aromatic N) is 1. The number of methoxy groups -OCH3 is 2. The Morgan fingerprint density at radius 1 is 0.839 bits per heavy atom. The highest BCUT2D eigenvalue weighted by molar-refractivity contribution is 5.81. The fraction of sp³-hybridized carbons (Fsp3) is 0.269. The van der Waals surface area contributed by atoms with Gasteiger partial charge in [0.05, 0.1) is 26.1 Å². The van der Waals surface area contributed by atoms with Crippen molar-refractivity contribution in [3.8, 4) is 17.2 Å². The van der Waals surface area contributed by atoms with Gasteiger partial charge in [-0.25, -0.2) is 0 Å². The molecule has 0 aliphatic rings. The van der Waals surface area contributed by atoms with Crippen LogP contribution in [0.3, 0.4) is 0 Å². The van der Waals surface area contributed by atoms with Gasteiger partial charge in [0.15, 0.2) is 11.5 Å². The lowest BCUT2D eigenvalue weighted by atomic mass is 9.87. The number of benzene rings is 3. The second-order valence-corrected chi connectivity index (χ2v) is 8.24. The van der Waals surface area contributed by atoms with E-state index in [1.807, 2.05) is 42.5 Å². The third-order valence-electron chi connectivity index (χ3n) is 4.90. The van der Waals surface area contributed by atoms with Crippen LogP contribution in [0.2, 0.25) is 0 Å². The maximum Gasteiger partial charge on any atom is 0.161 e. The van der Waals surface area contributed by atoms with Crippen molar-refractivity contribution in [1.29, 1.82) is 0 Å². The molecular formula is C26H30N2O3. The van der Waals surface area contributed by atoms with E-state index in [9.17, 15) is 0 Å². The van der Waals surface area contributed by atoms with Crippen molar-refractivity contribution in [3.05, 3.63) is 83.4 Å². The van der Waals surface area contributed by atoms with Crippen molar-refractivity contribution < 1.29 is 14.2 Å². The van der Waals surface area contributed by atoms with Crippen molar-refractivity contribution in [1.82, 2.24) is 0 Å². The van der Waals surface area contributed by atoms with Gasteiger partial charge in [-0.3, -0.25) is 5.43 Å². The molecule has 0 saturated carbocycles. The number of hydrogen-bond donors (Lipinski definition) is 1. The van der Waals surface area contributed by atoms with Crippen molar-refractivity contribution in [2.45, 2.75) is 32.8 Å². The maximum atomic E-state index is 5.99. The number of hydrazone groups is 1. The first-order chi connectivity index (χ1) is 14.9. The summed E-state index contributed by atoms with van der Waals surface area (Å²) >= 11 is 0. The molecule has 0 spiro atoms. The third-order valence-corrected chi connectivity index (χ3v) is 4.90. The fourth-order valence-electron chi connectivity index (χ4n) is 2.99. The predicted molar refractivity (Wildman–Crippen MR) is 127 cm³/mol. The Labute approximate surface area is 184 Å². The van der Waals surface area contributed by atoms with Crippen molar-refractivity contribution in [2.24, 2.45) is 5.10 Å². The molecule has 0 atom stereocenters. The average molecular weight is 419 g/mol. The van der Waals surface area contributed by atoms with Crippen molar-refractivity contribution in [2.75, 3.05) is 19.6 Å². The van der Waals surface area contributed by atoms with E-state index in [1.165, 1.54) is 5.56 Å². The molecule has 0 unspecified atom stereocenters. The molecule has 0 bridgehead atoms. The minimum Gasteiger partial charge on any atom is -0.497 e. The van der Waals surface area contributed by atoms with Gasteiger partial charge in [0.1, 0.15) is 12.4 Å². The monoisotopic (exact) mass is 418 g/mol. The van der Waals surface area contributed by atoms with E-state index in [4.69, 9.17) is 14.2 Å². The van der Waals surface area contributed by atoms with Crippen LogP contribution in [0.1, 0.15) is 37.5 Å². The molecule has 0 aliphatic heterocycles. The van der Waals surface area contributed by atoms with Gasteiger partial charge in [0, 0.05) is 0 Å². The van der Waals surface area contributed by atoms with Crippen LogP contribution in [0.4, 0.5) is 5.69 Å². The van der Waals surface area contributed by atoms with Gasteiger partial charge in [-0.1, -0.05) is 45.0 Å². The lowest BCUT2D eigenvalue weighted by Gasteiger charge is -2.19. The van der Waals surface area contributed by atoms with Crippen LogP contribution in [-0.4, -0.2) is 20.4 Å². The van der Waals surface area contributed by atoms with Gasteiger partial charge in [0.25, 0.3) is 0 Å². The zero-order chi connectivity index (χ0) is 22.3. The van der Waals surface area contributed by atoms with Gasteiger partial charge >= 0.3 is 0 Å². The summed E-state index contributed by atoms with van der Waals surface area (Å²) in [6.07, 6.45) is 1.74. The number of rotatable bonds is 8. The van der Waals surface area contributed by atoms with E-state index in [-0.39, 0.29) is 5.41 Å². The van der Waals surface area contributed by atoms with E-state index in [0.717, 1.165) is 22.6 Å². The number of anilines is 1. The Bertz CT molecular complexity index is 1000. The van der Waals surface area contributed by atoms with E-state index >= 15 is 0 Å². The molecule has 1 N–H and O–H groups in total. The largest absolute Gasteiger partial charge is 0.497 e. The highest BCUT2D eigenvalue weighted by Crippen LogP contribution is 2.29. The summed E-state index contributed by atoms with van der Waals surface area (Å²) < 4.78 is 16.7. The molecular weight excluding hydrogens is 388 g/mol. The minimum absolute atomic E-state index is 0.141. The lowest BCUT2D eigenvalue weighted by Crippen LogP contribution is -2.10. The average Bonchev–Trinajstić information content (AvgIpc) is 2.78. The molecule has 3 rings (SSSR count). The van der Waals surface area contributed by atoms with Gasteiger partial charge in [-0.2, -0.15) is 5.10 Å². The zero-order valence-corrected chi connectivity index (χ0v) is 18.8. The minimum atomic E-state index is 0.141. The topological polar surface area (TPSA) is 52.1 Å². The summed E-state index contributed by atoms with van der Waals surface area (Å²) in [5.41, 5.74) is 7.34. The van der Waals surface area contributed by atoms with Crippen LogP contribution in [0.25, 0.3) is 0 Å². The summed E-state index contributed by atoms with van der Waals surface area (Å²) in [7, 11) is 3.28. The molecule has 3 aromatic carbocycles. The van der Waals surface area contributed by atoms with Crippen LogP contribution in [-0.2, 0) is 12.0 Å². The lowest BCUT2D eigenvalue weighted by molar-refractivity contribution is 0.284. The summed E-state index contributed by atoms with van der Waals surface area (Å²) in [5, 5.41) is 4.28. The Balaban J connectivity index is 1.61. The highest BCUT2D eigenvalue weighted by Gasteiger charge is 2.13. The molecule has 0 aromatic heterocycles. The quantitative estimate of drug-likeness (QED) is 0.359. The first-order valence-corrected chi connectivity index (χ1v) is 10.2. The van der Waals surface area contributed by atoms with Gasteiger partial charge < -0.3 is 14.2 Å². The molecule has 0 saturated heterocycles. The molecule has 0 fully saturated rings. The standard InChI is InChI=1S/C26H30N2O3/c1-26(2,3)21-9-6-19(7-10-21)18-31-24-15-8-20(16-25(24)30-5)17-27-28-22-11-13-23(29-4)14-12-22/h6-17,28H,18H2,1-5H3/b27-17+. The molecule has 0 aliphatic carbocycles. The number of nitrogens with one attached hydrogen (secondary N) is 1. The van der Waals surface area contributed by atoms with Crippen LogP contribution in [0.5, 0.6) is 17.2 Å². The third kappa shape index (κ3) is 6.25. The van der Waals surface area contributed by atoms with Gasteiger partial charge in [-0.15, -0.1) is 0 Å².